The summed E-state index contributed by atoms with van der Waals surface area (Å²) in [5, 5.41) is 0.808. The van der Waals surface area contributed by atoms with Crippen LogP contribution in [0.5, 0.6) is 5.75 Å². The summed E-state index contributed by atoms with van der Waals surface area (Å²) < 4.78 is 5.73. The summed E-state index contributed by atoms with van der Waals surface area (Å²) in [5.41, 5.74) is 7.81. The lowest BCUT2D eigenvalue weighted by Crippen LogP contribution is -2.24. The molecular formula is C17H21ClN2O. The van der Waals surface area contributed by atoms with E-state index in [9.17, 15) is 0 Å². The molecular weight excluding hydrogens is 284 g/mol. The first-order chi connectivity index (χ1) is 10.2. The molecule has 0 radical (unpaired) electrons. The molecule has 0 aromatic heterocycles. The highest BCUT2D eigenvalue weighted by molar-refractivity contribution is 6.31. The van der Waals surface area contributed by atoms with Crippen molar-refractivity contribution in [3.05, 3.63) is 64.7 Å². The second-order valence-corrected chi connectivity index (χ2v) is 5.43. The molecule has 2 aromatic rings. The number of rotatable bonds is 7. The molecule has 3 nitrogen and oxygen atoms in total. The Hall–Kier alpha value is -1.55. The Labute approximate surface area is 131 Å². The van der Waals surface area contributed by atoms with E-state index in [0.29, 0.717) is 13.2 Å². The van der Waals surface area contributed by atoms with E-state index in [-0.39, 0.29) is 0 Å². The molecule has 0 bridgehead atoms. The molecule has 21 heavy (non-hydrogen) atoms. The highest BCUT2D eigenvalue weighted by Gasteiger charge is 2.04. The van der Waals surface area contributed by atoms with E-state index in [4.69, 9.17) is 22.1 Å². The number of likely N-dealkylation sites (N-methyl/N-ethyl adjacent to an activating group) is 1. The third kappa shape index (κ3) is 5.05. The molecule has 2 N–H and O–H groups in total. The maximum absolute atomic E-state index is 6.16. The molecule has 0 heterocycles. The van der Waals surface area contributed by atoms with Gasteiger partial charge in [0.15, 0.2) is 0 Å². The molecule has 2 rings (SSSR count). The van der Waals surface area contributed by atoms with E-state index in [1.807, 2.05) is 48.5 Å². The van der Waals surface area contributed by atoms with Gasteiger partial charge in [-0.05, 0) is 36.4 Å². The van der Waals surface area contributed by atoms with Crippen molar-refractivity contribution in [3.63, 3.8) is 0 Å². The van der Waals surface area contributed by atoms with Gasteiger partial charge in [-0.1, -0.05) is 41.9 Å². The Kier molecular flexibility index (Phi) is 6.05. The summed E-state index contributed by atoms with van der Waals surface area (Å²) >= 11 is 6.16. The molecule has 0 saturated carbocycles. The second kappa shape index (κ2) is 8.03. The van der Waals surface area contributed by atoms with Gasteiger partial charge in [0.1, 0.15) is 12.4 Å². The molecule has 0 amide bonds. The number of hydrogen-bond donors (Lipinski definition) is 1. The van der Waals surface area contributed by atoms with Gasteiger partial charge in [0, 0.05) is 24.7 Å². The fourth-order valence-corrected chi connectivity index (χ4v) is 2.23. The SMILES string of the molecule is CN(CCOc1ccc(CN)cc1)Cc1ccccc1Cl. The lowest BCUT2D eigenvalue weighted by atomic mass is 10.2. The summed E-state index contributed by atoms with van der Waals surface area (Å²) in [6.07, 6.45) is 0. The van der Waals surface area contributed by atoms with Crippen molar-refractivity contribution in [3.8, 4) is 5.75 Å². The van der Waals surface area contributed by atoms with Crippen molar-refractivity contribution in [1.82, 2.24) is 4.90 Å². The minimum absolute atomic E-state index is 0.556. The molecule has 0 aliphatic carbocycles. The molecule has 0 fully saturated rings. The third-order valence-electron chi connectivity index (χ3n) is 3.30. The van der Waals surface area contributed by atoms with E-state index in [1.54, 1.807) is 0 Å². The smallest absolute Gasteiger partial charge is 0.119 e. The van der Waals surface area contributed by atoms with Crippen LogP contribution in [0, 0.1) is 0 Å². The van der Waals surface area contributed by atoms with Gasteiger partial charge in [-0.2, -0.15) is 0 Å². The Morgan fingerprint density at radius 1 is 1.10 bits per heavy atom. The second-order valence-electron chi connectivity index (χ2n) is 5.03. The zero-order valence-corrected chi connectivity index (χ0v) is 13.0. The van der Waals surface area contributed by atoms with Crippen LogP contribution in [0.4, 0.5) is 0 Å². The van der Waals surface area contributed by atoms with Crippen molar-refractivity contribution in [2.45, 2.75) is 13.1 Å². The number of nitrogens with zero attached hydrogens (tertiary/aromatic N) is 1. The van der Waals surface area contributed by atoms with E-state index < -0.39 is 0 Å². The van der Waals surface area contributed by atoms with Crippen molar-refractivity contribution in [2.24, 2.45) is 5.73 Å². The van der Waals surface area contributed by atoms with Crippen molar-refractivity contribution < 1.29 is 4.74 Å². The minimum atomic E-state index is 0.556. The maximum Gasteiger partial charge on any atom is 0.119 e. The highest BCUT2D eigenvalue weighted by atomic mass is 35.5. The van der Waals surface area contributed by atoms with Crippen LogP contribution >= 0.6 is 11.6 Å². The van der Waals surface area contributed by atoms with E-state index in [1.165, 1.54) is 0 Å². The van der Waals surface area contributed by atoms with E-state index in [2.05, 4.69) is 11.9 Å². The van der Waals surface area contributed by atoms with Crippen LogP contribution in [0.15, 0.2) is 48.5 Å². The number of ether oxygens (including phenoxy) is 1. The van der Waals surface area contributed by atoms with Gasteiger partial charge in [0.05, 0.1) is 0 Å². The molecule has 2 aromatic carbocycles. The first-order valence-corrected chi connectivity index (χ1v) is 7.40. The Balaban J connectivity index is 1.76. The zero-order valence-electron chi connectivity index (χ0n) is 12.3. The molecule has 0 aliphatic heterocycles. The van der Waals surface area contributed by atoms with Crippen LogP contribution in [-0.4, -0.2) is 25.1 Å². The van der Waals surface area contributed by atoms with Crippen molar-refractivity contribution in [2.75, 3.05) is 20.2 Å². The molecule has 0 saturated heterocycles. The third-order valence-corrected chi connectivity index (χ3v) is 3.67. The van der Waals surface area contributed by atoms with Gasteiger partial charge < -0.3 is 10.5 Å². The molecule has 0 unspecified atom stereocenters. The van der Waals surface area contributed by atoms with Gasteiger partial charge in [-0.25, -0.2) is 0 Å². The average molecular weight is 305 g/mol. The van der Waals surface area contributed by atoms with Crippen LogP contribution in [0.25, 0.3) is 0 Å². The molecule has 0 aliphatic rings. The maximum atomic E-state index is 6.16. The van der Waals surface area contributed by atoms with Crippen molar-refractivity contribution in [1.29, 1.82) is 0 Å². The van der Waals surface area contributed by atoms with Gasteiger partial charge in [-0.3, -0.25) is 4.90 Å². The number of hydrogen-bond acceptors (Lipinski definition) is 3. The highest BCUT2D eigenvalue weighted by Crippen LogP contribution is 2.16. The molecule has 4 heteroatoms. The monoisotopic (exact) mass is 304 g/mol. The average Bonchev–Trinajstić information content (AvgIpc) is 2.50. The number of halogens is 1. The summed E-state index contributed by atoms with van der Waals surface area (Å²) in [4.78, 5) is 2.19. The fraction of sp³-hybridized carbons (Fsp3) is 0.294. The first-order valence-electron chi connectivity index (χ1n) is 7.03. The lowest BCUT2D eigenvalue weighted by molar-refractivity contribution is 0.233. The van der Waals surface area contributed by atoms with Crippen molar-refractivity contribution >= 4 is 11.6 Å². The van der Waals surface area contributed by atoms with Crippen LogP contribution in [0.2, 0.25) is 5.02 Å². The Morgan fingerprint density at radius 3 is 2.48 bits per heavy atom. The zero-order chi connectivity index (χ0) is 15.1. The van der Waals surface area contributed by atoms with Gasteiger partial charge in [-0.15, -0.1) is 0 Å². The van der Waals surface area contributed by atoms with Gasteiger partial charge in [0.2, 0.25) is 0 Å². The Bertz CT molecular complexity index is 557. The first kappa shape index (κ1) is 15.8. The van der Waals surface area contributed by atoms with Crippen LogP contribution < -0.4 is 10.5 Å². The molecule has 0 atom stereocenters. The molecule has 0 spiro atoms. The quantitative estimate of drug-likeness (QED) is 0.853. The van der Waals surface area contributed by atoms with Crippen LogP contribution in [0.3, 0.4) is 0 Å². The minimum Gasteiger partial charge on any atom is -0.492 e. The predicted molar refractivity (Wildman–Crippen MR) is 87.6 cm³/mol. The fourth-order valence-electron chi connectivity index (χ4n) is 2.04. The topological polar surface area (TPSA) is 38.5 Å². The van der Waals surface area contributed by atoms with Gasteiger partial charge >= 0.3 is 0 Å². The number of benzene rings is 2. The Morgan fingerprint density at radius 2 is 1.81 bits per heavy atom. The summed E-state index contributed by atoms with van der Waals surface area (Å²) in [5.74, 6) is 0.873. The standard InChI is InChI=1S/C17H21ClN2O/c1-20(13-15-4-2-3-5-17(15)18)10-11-21-16-8-6-14(12-19)7-9-16/h2-9H,10-13,19H2,1H3. The number of nitrogens with two attached hydrogens (primary N) is 1. The van der Waals surface area contributed by atoms with Crippen LogP contribution in [0.1, 0.15) is 11.1 Å². The van der Waals surface area contributed by atoms with E-state index >= 15 is 0 Å². The van der Waals surface area contributed by atoms with Crippen LogP contribution in [-0.2, 0) is 13.1 Å². The normalized spacial score (nSPS) is 10.9. The lowest BCUT2D eigenvalue weighted by Gasteiger charge is -2.17. The predicted octanol–water partition coefficient (Wildman–Crippen LogP) is 3.31. The summed E-state index contributed by atoms with van der Waals surface area (Å²) in [7, 11) is 2.06. The largest absolute Gasteiger partial charge is 0.492 e. The summed E-state index contributed by atoms with van der Waals surface area (Å²) in [6.45, 7) is 2.85. The molecule has 112 valence electrons. The van der Waals surface area contributed by atoms with Gasteiger partial charge in [0.25, 0.3) is 0 Å². The summed E-state index contributed by atoms with van der Waals surface area (Å²) in [6, 6.07) is 15.8. The van der Waals surface area contributed by atoms with E-state index in [0.717, 1.165) is 35.0 Å².